The van der Waals surface area contributed by atoms with E-state index < -0.39 is 0 Å². The highest BCUT2D eigenvalue weighted by Gasteiger charge is 2.02. The van der Waals surface area contributed by atoms with E-state index in [0.717, 1.165) is 13.0 Å². The Morgan fingerprint density at radius 3 is 3.05 bits per heavy atom. The number of nitrogens with one attached hydrogen (secondary N) is 1. The average molecular weight is 271 g/mol. The number of aryl methyl sites for hydroxylation is 1. The Morgan fingerprint density at radius 2 is 2.32 bits per heavy atom. The van der Waals surface area contributed by atoms with Gasteiger partial charge in [-0.2, -0.15) is 0 Å². The molecule has 3 N–H and O–H groups in total. The third-order valence-corrected chi connectivity index (χ3v) is 2.35. The molecule has 0 saturated heterocycles. The molecule has 0 aliphatic carbocycles. The summed E-state index contributed by atoms with van der Waals surface area (Å²) in [6.45, 7) is 2.92. The Morgan fingerprint density at radius 1 is 1.47 bits per heavy atom. The molecule has 0 fully saturated rings. The van der Waals surface area contributed by atoms with E-state index in [-0.39, 0.29) is 12.5 Å². The summed E-state index contributed by atoms with van der Waals surface area (Å²) in [6, 6.07) is 0. The number of rotatable bonds is 10. The summed E-state index contributed by atoms with van der Waals surface area (Å²) in [5.74, 6) is -0.207. The van der Waals surface area contributed by atoms with Gasteiger partial charge in [-0.3, -0.25) is 9.48 Å². The molecule has 1 amide bonds. The molecule has 8 heteroatoms. The van der Waals surface area contributed by atoms with Gasteiger partial charge in [0.2, 0.25) is 5.91 Å². The third kappa shape index (κ3) is 6.85. The highest BCUT2D eigenvalue weighted by atomic mass is 16.5. The summed E-state index contributed by atoms with van der Waals surface area (Å²) >= 11 is 0. The molecule has 0 saturated carbocycles. The van der Waals surface area contributed by atoms with Crippen LogP contribution in [0.4, 0.5) is 0 Å². The van der Waals surface area contributed by atoms with Crippen molar-refractivity contribution in [2.75, 3.05) is 33.5 Å². The van der Waals surface area contributed by atoms with Gasteiger partial charge in [-0.25, -0.2) is 0 Å². The summed E-state index contributed by atoms with van der Waals surface area (Å²) < 4.78 is 11.9. The van der Waals surface area contributed by atoms with Crippen LogP contribution in [0.5, 0.6) is 0 Å². The zero-order valence-electron chi connectivity index (χ0n) is 11.2. The lowest BCUT2D eigenvalue weighted by atomic mass is 10.4. The molecule has 0 aromatic carbocycles. The van der Waals surface area contributed by atoms with Crippen LogP contribution in [0.1, 0.15) is 12.1 Å². The molecule has 0 bridgehead atoms. The van der Waals surface area contributed by atoms with Gasteiger partial charge in [-0.15, -0.1) is 5.10 Å². The zero-order valence-corrected chi connectivity index (χ0v) is 11.2. The van der Waals surface area contributed by atoms with Crippen LogP contribution in [-0.4, -0.2) is 54.4 Å². The number of ether oxygens (including phenoxy) is 2. The Hall–Kier alpha value is -1.51. The van der Waals surface area contributed by atoms with Crippen molar-refractivity contribution in [2.45, 2.75) is 19.5 Å². The molecule has 0 spiro atoms. The van der Waals surface area contributed by atoms with Crippen molar-refractivity contribution >= 4 is 5.91 Å². The lowest BCUT2D eigenvalue weighted by Crippen LogP contribution is -2.29. The van der Waals surface area contributed by atoms with Crippen LogP contribution in [0.2, 0.25) is 0 Å². The number of carbonyl (C=O) groups excluding carboxylic acids is 1. The van der Waals surface area contributed by atoms with Crippen molar-refractivity contribution in [3.05, 3.63) is 11.9 Å². The minimum atomic E-state index is -0.207. The van der Waals surface area contributed by atoms with E-state index in [1.165, 1.54) is 0 Å². The predicted octanol–water partition coefficient (Wildman–Crippen LogP) is -1.09. The lowest BCUT2D eigenvalue weighted by molar-refractivity contribution is -0.119. The second kappa shape index (κ2) is 9.42. The summed E-state index contributed by atoms with van der Waals surface area (Å²) in [5, 5.41) is 10.5. The third-order valence-electron chi connectivity index (χ3n) is 2.35. The first-order chi connectivity index (χ1) is 9.26. The van der Waals surface area contributed by atoms with E-state index in [9.17, 15) is 4.79 Å². The first-order valence-electron chi connectivity index (χ1n) is 6.18. The van der Waals surface area contributed by atoms with E-state index in [2.05, 4.69) is 15.6 Å². The van der Waals surface area contributed by atoms with E-state index in [4.69, 9.17) is 15.2 Å². The van der Waals surface area contributed by atoms with E-state index in [1.54, 1.807) is 18.0 Å². The van der Waals surface area contributed by atoms with Gasteiger partial charge in [0.15, 0.2) is 0 Å². The fourth-order valence-electron chi connectivity index (χ4n) is 1.36. The number of aromatic nitrogens is 3. The fourth-order valence-corrected chi connectivity index (χ4v) is 1.36. The SMILES string of the molecule is COCCOCCCn1cc(CNC(=O)CN)nn1. The second-order valence-corrected chi connectivity index (χ2v) is 3.91. The number of nitrogens with two attached hydrogens (primary N) is 1. The van der Waals surface area contributed by atoms with Gasteiger partial charge in [0.25, 0.3) is 0 Å². The topological polar surface area (TPSA) is 104 Å². The molecule has 1 aromatic heterocycles. The number of carbonyl (C=O) groups is 1. The van der Waals surface area contributed by atoms with Gasteiger partial charge in [0.05, 0.1) is 32.5 Å². The molecular formula is C11H21N5O3. The van der Waals surface area contributed by atoms with Gasteiger partial charge in [-0.05, 0) is 6.42 Å². The molecule has 0 radical (unpaired) electrons. The number of methoxy groups -OCH3 is 1. The summed E-state index contributed by atoms with van der Waals surface area (Å²) in [5.41, 5.74) is 5.89. The minimum Gasteiger partial charge on any atom is -0.382 e. The highest BCUT2D eigenvalue weighted by molar-refractivity contribution is 5.77. The average Bonchev–Trinajstić information content (AvgIpc) is 2.88. The van der Waals surface area contributed by atoms with Crippen LogP contribution < -0.4 is 11.1 Å². The molecular weight excluding hydrogens is 250 g/mol. The molecule has 0 aliphatic rings. The Bertz CT molecular complexity index is 369. The first kappa shape index (κ1) is 15.5. The molecule has 1 rings (SSSR count). The molecule has 108 valence electrons. The molecule has 0 atom stereocenters. The number of nitrogens with zero attached hydrogens (tertiary/aromatic N) is 3. The van der Waals surface area contributed by atoms with Crippen LogP contribution in [0.25, 0.3) is 0 Å². The molecule has 1 heterocycles. The monoisotopic (exact) mass is 271 g/mol. The van der Waals surface area contributed by atoms with Crippen molar-refractivity contribution in [3.8, 4) is 0 Å². The van der Waals surface area contributed by atoms with Crippen molar-refractivity contribution in [2.24, 2.45) is 5.73 Å². The number of amides is 1. The standard InChI is InChI=1S/C11H21N5O3/c1-18-5-6-19-4-2-3-16-9-10(14-15-16)8-13-11(17)7-12/h9H,2-8,12H2,1H3,(H,13,17). The molecule has 8 nitrogen and oxygen atoms in total. The fraction of sp³-hybridized carbons (Fsp3) is 0.727. The van der Waals surface area contributed by atoms with E-state index >= 15 is 0 Å². The lowest BCUT2D eigenvalue weighted by Gasteiger charge is -2.03. The van der Waals surface area contributed by atoms with Gasteiger partial charge < -0.3 is 20.5 Å². The van der Waals surface area contributed by atoms with E-state index in [1.807, 2.05) is 0 Å². The summed E-state index contributed by atoms with van der Waals surface area (Å²) in [7, 11) is 1.64. The quantitative estimate of drug-likeness (QED) is 0.524. The maximum absolute atomic E-state index is 11.0. The van der Waals surface area contributed by atoms with Crippen molar-refractivity contribution < 1.29 is 14.3 Å². The normalized spacial score (nSPS) is 10.6. The molecule has 0 aliphatic heterocycles. The van der Waals surface area contributed by atoms with Crippen LogP contribution in [0.15, 0.2) is 6.20 Å². The van der Waals surface area contributed by atoms with Gasteiger partial charge in [0, 0.05) is 20.3 Å². The molecule has 19 heavy (non-hydrogen) atoms. The largest absolute Gasteiger partial charge is 0.382 e. The Labute approximate surface area is 112 Å². The van der Waals surface area contributed by atoms with Gasteiger partial charge >= 0.3 is 0 Å². The predicted molar refractivity (Wildman–Crippen MR) is 68.2 cm³/mol. The summed E-state index contributed by atoms with van der Waals surface area (Å²) in [4.78, 5) is 11.0. The molecule has 1 aromatic rings. The van der Waals surface area contributed by atoms with Gasteiger partial charge in [0.1, 0.15) is 5.69 Å². The number of hydrogen-bond acceptors (Lipinski definition) is 6. The Kier molecular flexibility index (Phi) is 7.71. The van der Waals surface area contributed by atoms with Gasteiger partial charge in [-0.1, -0.05) is 5.21 Å². The van der Waals surface area contributed by atoms with Crippen molar-refractivity contribution in [3.63, 3.8) is 0 Å². The molecule has 0 unspecified atom stereocenters. The second-order valence-electron chi connectivity index (χ2n) is 3.91. The van der Waals surface area contributed by atoms with Crippen LogP contribution in [0, 0.1) is 0 Å². The highest BCUT2D eigenvalue weighted by Crippen LogP contribution is 1.95. The van der Waals surface area contributed by atoms with Crippen LogP contribution in [-0.2, 0) is 27.4 Å². The maximum Gasteiger partial charge on any atom is 0.234 e. The number of hydrogen-bond donors (Lipinski definition) is 2. The smallest absolute Gasteiger partial charge is 0.234 e. The van der Waals surface area contributed by atoms with Crippen molar-refractivity contribution in [1.29, 1.82) is 0 Å². The van der Waals surface area contributed by atoms with Crippen LogP contribution >= 0.6 is 0 Å². The maximum atomic E-state index is 11.0. The van der Waals surface area contributed by atoms with Crippen LogP contribution in [0.3, 0.4) is 0 Å². The van der Waals surface area contributed by atoms with Crippen molar-refractivity contribution in [1.82, 2.24) is 20.3 Å². The van der Waals surface area contributed by atoms with E-state index in [0.29, 0.717) is 32.1 Å². The summed E-state index contributed by atoms with van der Waals surface area (Å²) in [6.07, 6.45) is 2.65. The first-order valence-corrected chi connectivity index (χ1v) is 6.18. The Balaban J connectivity index is 2.14. The minimum absolute atomic E-state index is 0.0209. The zero-order chi connectivity index (χ0) is 13.9.